The molecule has 146 valence electrons. The van der Waals surface area contributed by atoms with E-state index < -0.39 is 0 Å². The third-order valence-electron chi connectivity index (χ3n) is 5.44. The third-order valence-corrected chi connectivity index (χ3v) is 5.76. The van der Waals surface area contributed by atoms with Gasteiger partial charge in [0.1, 0.15) is 11.3 Å². The lowest BCUT2D eigenvalue weighted by Crippen LogP contribution is -2.40. The molecular formula is C21H24ClN5O. The number of aromatic nitrogens is 3. The number of rotatable bonds is 5. The fourth-order valence-corrected chi connectivity index (χ4v) is 4.20. The normalized spacial score (nSPS) is 17.3. The minimum atomic E-state index is -0.0871. The number of amides is 1. The summed E-state index contributed by atoms with van der Waals surface area (Å²) in [6.07, 6.45) is 4.05. The second-order valence-corrected chi connectivity index (χ2v) is 7.55. The first-order valence-corrected chi connectivity index (χ1v) is 10.1. The van der Waals surface area contributed by atoms with Crippen LogP contribution in [0.3, 0.4) is 0 Å². The average Bonchev–Trinajstić information content (AvgIpc) is 3.29. The van der Waals surface area contributed by atoms with Crippen molar-refractivity contribution >= 4 is 28.7 Å². The minimum absolute atomic E-state index is 0.0871. The Balaban J connectivity index is 1.60. The Hall–Kier alpha value is -2.44. The first-order valence-electron chi connectivity index (χ1n) is 9.70. The van der Waals surface area contributed by atoms with E-state index in [4.69, 9.17) is 11.6 Å². The number of nitrogens with zero attached hydrogens (tertiary/aromatic N) is 4. The predicted molar refractivity (Wildman–Crippen MR) is 111 cm³/mol. The van der Waals surface area contributed by atoms with E-state index in [0.29, 0.717) is 28.9 Å². The number of benzene rings is 1. The Bertz CT molecular complexity index is 1020. The van der Waals surface area contributed by atoms with Crippen molar-refractivity contribution in [3.8, 4) is 5.69 Å². The molecule has 0 radical (unpaired) electrons. The number of nitrogens with one attached hydrogen (secondary N) is 1. The molecule has 7 heteroatoms. The summed E-state index contributed by atoms with van der Waals surface area (Å²) in [4.78, 5) is 24.2. The Kier molecular flexibility index (Phi) is 5.33. The molecule has 1 aliphatic rings. The lowest BCUT2D eigenvalue weighted by Gasteiger charge is -2.23. The van der Waals surface area contributed by atoms with E-state index in [1.807, 2.05) is 29.7 Å². The maximum absolute atomic E-state index is 12.8. The molecule has 4 rings (SSSR count). The molecule has 1 aliphatic heterocycles. The summed E-state index contributed by atoms with van der Waals surface area (Å²) in [7, 11) is 0. The number of carbonyl (C=O) groups is 1. The molecule has 0 saturated carbocycles. The van der Waals surface area contributed by atoms with Crippen LogP contribution >= 0.6 is 11.6 Å². The number of aryl methyl sites for hydroxylation is 1. The van der Waals surface area contributed by atoms with Gasteiger partial charge in [0.25, 0.3) is 5.91 Å². The van der Waals surface area contributed by atoms with E-state index in [-0.39, 0.29) is 5.91 Å². The van der Waals surface area contributed by atoms with Crippen LogP contribution in [0, 0.1) is 6.92 Å². The Morgan fingerprint density at radius 1 is 1.36 bits per heavy atom. The maximum atomic E-state index is 12.8. The van der Waals surface area contributed by atoms with Gasteiger partial charge in [0.2, 0.25) is 0 Å². The number of carbonyl (C=O) groups excluding carboxylic acids is 1. The minimum Gasteiger partial charge on any atom is -0.350 e. The molecule has 1 atom stereocenters. The van der Waals surface area contributed by atoms with Gasteiger partial charge in [-0.05, 0) is 63.2 Å². The van der Waals surface area contributed by atoms with Gasteiger partial charge in [0.05, 0.1) is 10.7 Å². The summed E-state index contributed by atoms with van der Waals surface area (Å²) in [5.41, 5.74) is 2.82. The molecule has 0 bridgehead atoms. The number of pyridine rings is 1. The largest absolute Gasteiger partial charge is 0.350 e. The number of hydrogen-bond acceptors (Lipinski definition) is 4. The van der Waals surface area contributed by atoms with Crippen molar-refractivity contribution in [1.29, 1.82) is 0 Å². The Morgan fingerprint density at radius 2 is 2.21 bits per heavy atom. The number of halogens is 1. The van der Waals surface area contributed by atoms with Crippen molar-refractivity contribution in [3.63, 3.8) is 0 Å². The van der Waals surface area contributed by atoms with E-state index in [0.717, 1.165) is 36.5 Å². The zero-order valence-corrected chi connectivity index (χ0v) is 16.9. The van der Waals surface area contributed by atoms with Crippen LogP contribution < -0.4 is 5.32 Å². The van der Waals surface area contributed by atoms with Gasteiger partial charge in [0, 0.05) is 24.3 Å². The summed E-state index contributed by atoms with van der Waals surface area (Å²) in [5, 5.41) is 3.64. The van der Waals surface area contributed by atoms with E-state index in [1.165, 1.54) is 6.42 Å². The summed E-state index contributed by atoms with van der Waals surface area (Å²) in [6, 6.07) is 9.52. The highest BCUT2D eigenvalue weighted by Crippen LogP contribution is 2.27. The zero-order chi connectivity index (χ0) is 19.7. The van der Waals surface area contributed by atoms with Gasteiger partial charge >= 0.3 is 0 Å². The number of imidazole rings is 1. The third kappa shape index (κ3) is 3.50. The van der Waals surface area contributed by atoms with Crippen LogP contribution in [-0.4, -0.2) is 51.0 Å². The lowest BCUT2D eigenvalue weighted by atomic mass is 10.1. The van der Waals surface area contributed by atoms with Gasteiger partial charge in [-0.1, -0.05) is 18.5 Å². The van der Waals surface area contributed by atoms with Crippen LogP contribution in [0.1, 0.15) is 35.9 Å². The molecule has 0 spiro atoms. The molecule has 6 nitrogen and oxygen atoms in total. The predicted octanol–water partition coefficient (Wildman–Crippen LogP) is 3.60. The number of likely N-dealkylation sites (N-methyl/N-ethyl adjacent to an activating group) is 1. The van der Waals surface area contributed by atoms with E-state index in [2.05, 4.69) is 27.1 Å². The molecule has 1 fully saturated rings. The van der Waals surface area contributed by atoms with E-state index in [9.17, 15) is 4.79 Å². The molecule has 28 heavy (non-hydrogen) atoms. The van der Waals surface area contributed by atoms with Gasteiger partial charge in [-0.25, -0.2) is 9.97 Å². The standard InChI is InChI=1S/C21H24ClN5O/c1-3-26-11-5-6-16(26)13-24-21(28)15-8-9-17(22)19(12-15)27-14(2)25-18-7-4-10-23-20(18)27/h4,7-10,12,16H,3,5-6,11,13H2,1-2H3,(H,24,28). The SMILES string of the molecule is CCN1CCCC1CNC(=O)c1ccc(Cl)c(-n2c(C)nc3cccnc32)c1. The van der Waals surface area contributed by atoms with Crippen LogP contribution in [0.4, 0.5) is 0 Å². The smallest absolute Gasteiger partial charge is 0.251 e. The highest BCUT2D eigenvalue weighted by molar-refractivity contribution is 6.32. The van der Waals surface area contributed by atoms with Crippen LogP contribution in [-0.2, 0) is 0 Å². The fourth-order valence-electron chi connectivity index (χ4n) is 3.99. The molecule has 1 aromatic carbocycles. The summed E-state index contributed by atoms with van der Waals surface area (Å²) >= 11 is 6.47. The van der Waals surface area contributed by atoms with Crippen molar-refractivity contribution in [3.05, 3.63) is 52.9 Å². The zero-order valence-electron chi connectivity index (χ0n) is 16.2. The molecule has 1 unspecified atom stereocenters. The van der Waals surface area contributed by atoms with Gasteiger partial charge in [-0.3, -0.25) is 14.3 Å². The number of hydrogen-bond donors (Lipinski definition) is 1. The first kappa shape index (κ1) is 18.9. The van der Waals surface area contributed by atoms with E-state index >= 15 is 0 Å². The monoisotopic (exact) mass is 397 g/mol. The second kappa shape index (κ2) is 7.89. The summed E-state index contributed by atoms with van der Waals surface area (Å²) in [5.74, 6) is 0.689. The molecule has 1 saturated heterocycles. The first-order chi connectivity index (χ1) is 13.6. The van der Waals surface area contributed by atoms with Crippen molar-refractivity contribution in [1.82, 2.24) is 24.8 Å². The second-order valence-electron chi connectivity index (χ2n) is 7.14. The highest BCUT2D eigenvalue weighted by Gasteiger charge is 2.23. The fraction of sp³-hybridized carbons (Fsp3) is 0.381. The van der Waals surface area contributed by atoms with Crippen LogP contribution in [0.25, 0.3) is 16.9 Å². The van der Waals surface area contributed by atoms with E-state index in [1.54, 1.807) is 18.3 Å². The van der Waals surface area contributed by atoms with Gasteiger partial charge in [-0.2, -0.15) is 0 Å². The number of fused-ring (bicyclic) bond motifs is 1. The summed E-state index contributed by atoms with van der Waals surface area (Å²) < 4.78 is 1.89. The molecule has 1 N–H and O–H groups in total. The van der Waals surface area contributed by atoms with Gasteiger partial charge in [-0.15, -0.1) is 0 Å². The van der Waals surface area contributed by atoms with Crippen LogP contribution in [0.2, 0.25) is 5.02 Å². The molecule has 0 aliphatic carbocycles. The average molecular weight is 398 g/mol. The maximum Gasteiger partial charge on any atom is 0.251 e. The van der Waals surface area contributed by atoms with Crippen molar-refractivity contribution in [2.45, 2.75) is 32.7 Å². The molecule has 1 amide bonds. The molecule has 3 heterocycles. The summed E-state index contributed by atoms with van der Waals surface area (Å²) in [6.45, 7) is 6.87. The van der Waals surface area contributed by atoms with Gasteiger partial charge < -0.3 is 5.32 Å². The van der Waals surface area contributed by atoms with Gasteiger partial charge in [0.15, 0.2) is 5.65 Å². The molecule has 2 aromatic heterocycles. The molecular weight excluding hydrogens is 374 g/mol. The quantitative estimate of drug-likeness (QED) is 0.714. The Labute approximate surface area is 169 Å². The highest BCUT2D eigenvalue weighted by atomic mass is 35.5. The van der Waals surface area contributed by atoms with Crippen LogP contribution in [0.5, 0.6) is 0 Å². The van der Waals surface area contributed by atoms with Crippen molar-refractivity contribution < 1.29 is 4.79 Å². The van der Waals surface area contributed by atoms with Crippen LogP contribution in [0.15, 0.2) is 36.5 Å². The number of likely N-dealkylation sites (tertiary alicyclic amines) is 1. The molecule has 3 aromatic rings. The van der Waals surface area contributed by atoms with Crippen molar-refractivity contribution in [2.24, 2.45) is 0 Å². The lowest BCUT2D eigenvalue weighted by molar-refractivity contribution is 0.0941. The van der Waals surface area contributed by atoms with Crippen molar-refractivity contribution in [2.75, 3.05) is 19.6 Å². The topological polar surface area (TPSA) is 63.1 Å². The Morgan fingerprint density at radius 3 is 3.04 bits per heavy atom.